The van der Waals surface area contributed by atoms with Crippen molar-refractivity contribution in [2.75, 3.05) is 23.7 Å². The van der Waals surface area contributed by atoms with Gasteiger partial charge in [-0.1, -0.05) is 0 Å². The summed E-state index contributed by atoms with van der Waals surface area (Å²) in [6.45, 7) is 2.72. The average Bonchev–Trinajstić information content (AvgIpc) is 3.15. The summed E-state index contributed by atoms with van der Waals surface area (Å²) in [5, 5.41) is 8.61. The van der Waals surface area contributed by atoms with Crippen LogP contribution in [0, 0.1) is 5.92 Å². The van der Waals surface area contributed by atoms with E-state index in [4.69, 9.17) is 0 Å². The van der Waals surface area contributed by atoms with Gasteiger partial charge in [0.15, 0.2) is 0 Å². The van der Waals surface area contributed by atoms with E-state index in [1.807, 2.05) is 0 Å². The molecule has 3 N–H and O–H groups in total. The maximum absolute atomic E-state index is 11.6. The van der Waals surface area contributed by atoms with Crippen LogP contribution in [0.1, 0.15) is 19.8 Å². The summed E-state index contributed by atoms with van der Waals surface area (Å²) in [5.74, 6) is 0.610. The van der Waals surface area contributed by atoms with Gasteiger partial charge in [-0.05, 0) is 49.6 Å². The van der Waals surface area contributed by atoms with Gasteiger partial charge in [0.2, 0.25) is 11.8 Å². The van der Waals surface area contributed by atoms with Crippen LogP contribution < -0.4 is 16.0 Å². The van der Waals surface area contributed by atoms with Gasteiger partial charge in [-0.15, -0.1) is 0 Å². The highest BCUT2D eigenvalue weighted by atomic mass is 16.2. The van der Waals surface area contributed by atoms with Gasteiger partial charge in [0.1, 0.15) is 0 Å². The molecule has 1 aliphatic carbocycles. The zero-order chi connectivity index (χ0) is 13.7. The van der Waals surface area contributed by atoms with Crippen LogP contribution in [0.25, 0.3) is 0 Å². The van der Waals surface area contributed by atoms with Crippen molar-refractivity contribution in [3.63, 3.8) is 0 Å². The lowest BCUT2D eigenvalue weighted by molar-refractivity contribution is -0.115. The summed E-state index contributed by atoms with van der Waals surface area (Å²) in [7, 11) is 0. The summed E-state index contributed by atoms with van der Waals surface area (Å²) < 4.78 is 0. The second-order valence-electron chi connectivity index (χ2n) is 4.88. The van der Waals surface area contributed by atoms with E-state index in [2.05, 4.69) is 16.0 Å². The summed E-state index contributed by atoms with van der Waals surface area (Å²) in [6.07, 6.45) is 2.55. The second-order valence-corrected chi connectivity index (χ2v) is 4.88. The van der Waals surface area contributed by atoms with Crippen LogP contribution in [0.2, 0.25) is 0 Å². The van der Waals surface area contributed by atoms with Crippen LogP contribution in [0.5, 0.6) is 0 Å². The van der Waals surface area contributed by atoms with E-state index in [1.54, 1.807) is 24.3 Å². The summed E-state index contributed by atoms with van der Waals surface area (Å²) in [4.78, 5) is 22.5. The fourth-order valence-corrected chi connectivity index (χ4v) is 1.76. The molecule has 0 saturated heterocycles. The third kappa shape index (κ3) is 5.09. The molecule has 0 bridgehead atoms. The number of hydrogen-bond donors (Lipinski definition) is 3. The molecule has 2 rings (SSSR count). The molecule has 0 spiro atoms. The maximum Gasteiger partial charge on any atom is 0.238 e. The molecular weight excluding hydrogens is 242 g/mol. The Balaban J connectivity index is 1.74. The Bertz CT molecular complexity index is 452. The standard InChI is InChI=1S/C14H19N3O2/c1-10(18)16-12-4-6-13(7-5-12)17-14(19)9-15-8-11-2-3-11/h4-7,11,15H,2-3,8-9H2,1H3,(H,16,18)(H,17,19). The number of rotatable bonds is 6. The Labute approximate surface area is 112 Å². The van der Waals surface area contributed by atoms with Gasteiger partial charge < -0.3 is 16.0 Å². The monoisotopic (exact) mass is 261 g/mol. The smallest absolute Gasteiger partial charge is 0.238 e. The Kier molecular flexibility index (Phi) is 4.52. The summed E-state index contributed by atoms with van der Waals surface area (Å²) in [5.41, 5.74) is 1.45. The molecule has 0 atom stereocenters. The first-order valence-electron chi connectivity index (χ1n) is 6.52. The van der Waals surface area contributed by atoms with E-state index in [0.717, 1.165) is 23.8 Å². The van der Waals surface area contributed by atoms with E-state index in [-0.39, 0.29) is 11.8 Å². The van der Waals surface area contributed by atoms with Crippen LogP contribution in [0.15, 0.2) is 24.3 Å². The highest BCUT2D eigenvalue weighted by Gasteiger charge is 2.20. The van der Waals surface area contributed by atoms with Crippen molar-refractivity contribution in [1.29, 1.82) is 0 Å². The van der Waals surface area contributed by atoms with Gasteiger partial charge >= 0.3 is 0 Å². The summed E-state index contributed by atoms with van der Waals surface area (Å²) >= 11 is 0. The predicted octanol–water partition coefficient (Wildman–Crippen LogP) is 1.58. The van der Waals surface area contributed by atoms with Crippen molar-refractivity contribution in [3.8, 4) is 0 Å². The van der Waals surface area contributed by atoms with Crippen LogP contribution in [0.4, 0.5) is 11.4 Å². The third-order valence-electron chi connectivity index (χ3n) is 2.90. The summed E-state index contributed by atoms with van der Waals surface area (Å²) in [6, 6.07) is 7.05. The Morgan fingerprint density at radius 3 is 2.21 bits per heavy atom. The Morgan fingerprint density at radius 2 is 1.68 bits per heavy atom. The third-order valence-corrected chi connectivity index (χ3v) is 2.90. The largest absolute Gasteiger partial charge is 0.326 e. The van der Waals surface area contributed by atoms with E-state index in [1.165, 1.54) is 19.8 Å². The molecule has 0 aliphatic heterocycles. The molecule has 0 aromatic heterocycles. The molecular formula is C14H19N3O2. The average molecular weight is 261 g/mol. The first kappa shape index (κ1) is 13.5. The molecule has 5 nitrogen and oxygen atoms in total. The minimum Gasteiger partial charge on any atom is -0.326 e. The molecule has 1 aliphatic rings. The molecule has 1 saturated carbocycles. The predicted molar refractivity (Wildman–Crippen MR) is 75.0 cm³/mol. The second kappa shape index (κ2) is 6.33. The minimum atomic E-state index is -0.110. The fraction of sp³-hybridized carbons (Fsp3) is 0.429. The van der Waals surface area contributed by atoms with Crippen molar-refractivity contribution >= 4 is 23.2 Å². The minimum absolute atomic E-state index is 0.0482. The molecule has 0 radical (unpaired) electrons. The van der Waals surface area contributed by atoms with Gasteiger partial charge in [0.05, 0.1) is 6.54 Å². The molecule has 0 unspecified atom stereocenters. The highest BCUT2D eigenvalue weighted by molar-refractivity contribution is 5.93. The van der Waals surface area contributed by atoms with Gasteiger partial charge in [-0.2, -0.15) is 0 Å². The number of carbonyl (C=O) groups excluding carboxylic acids is 2. The van der Waals surface area contributed by atoms with Crippen molar-refractivity contribution in [2.45, 2.75) is 19.8 Å². The zero-order valence-electron chi connectivity index (χ0n) is 11.0. The Hall–Kier alpha value is -1.88. The zero-order valence-corrected chi connectivity index (χ0v) is 11.0. The van der Waals surface area contributed by atoms with Gasteiger partial charge in [0, 0.05) is 18.3 Å². The molecule has 2 amide bonds. The number of anilines is 2. The topological polar surface area (TPSA) is 70.2 Å². The van der Waals surface area contributed by atoms with Crippen molar-refractivity contribution in [2.24, 2.45) is 5.92 Å². The number of amides is 2. The van der Waals surface area contributed by atoms with Crippen molar-refractivity contribution in [3.05, 3.63) is 24.3 Å². The molecule has 102 valence electrons. The van der Waals surface area contributed by atoms with Crippen LogP contribution in [-0.4, -0.2) is 24.9 Å². The molecule has 5 heteroatoms. The first-order valence-corrected chi connectivity index (χ1v) is 6.52. The van der Waals surface area contributed by atoms with Crippen LogP contribution in [0.3, 0.4) is 0 Å². The molecule has 1 aromatic rings. The van der Waals surface area contributed by atoms with Gasteiger partial charge in [-0.3, -0.25) is 9.59 Å². The van der Waals surface area contributed by atoms with Gasteiger partial charge in [-0.25, -0.2) is 0 Å². The highest BCUT2D eigenvalue weighted by Crippen LogP contribution is 2.27. The normalized spacial score (nSPS) is 13.9. The lowest BCUT2D eigenvalue weighted by Gasteiger charge is -2.07. The van der Waals surface area contributed by atoms with E-state index < -0.39 is 0 Å². The molecule has 0 heterocycles. The number of nitrogens with one attached hydrogen (secondary N) is 3. The van der Waals surface area contributed by atoms with Gasteiger partial charge in [0.25, 0.3) is 0 Å². The fourth-order valence-electron chi connectivity index (χ4n) is 1.76. The van der Waals surface area contributed by atoms with E-state index in [9.17, 15) is 9.59 Å². The number of carbonyl (C=O) groups is 2. The van der Waals surface area contributed by atoms with Crippen LogP contribution >= 0.6 is 0 Å². The maximum atomic E-state index is 11.6. The quantitative estimate of drug-likeness (QED) is 0.728. The number of hydrogen-bond acceptors (Lipinski definition) is 3. The van der Waals surface area contributed by atoms with Crippen molar-refractivity contribution < 1.29 is 9.59 Å². The van der Waals surface area contributed by atoms with E-state index >= 15 is 0 Å². The first-order chi connectivity index (χ1) is 9.13. The van der Waals surface area contributed by atoms with Crippen LogP contribution in [-0.2, 0) is 9.59 Å². The Morgan fingerprint density at radius 1 is 1.11 bits per heavy atom. The van der Waals surface area contributed by atoms with Crippen molar-refractivity contribution in [1.82, 2.24) is 5.32 Å². The SMILES string of the molecule is CC(=O)Nc1ccc(NC(=O)CNCC2CC2)cc1. The molecule has 1 fully saturated rings. The lowest BCUT2D eigenvalue weighted by atomic mass is 10.2. The van der Waals surface area contributed by atoms with E-state index in [0.29, 0.717) is 6.54 Å². The molecule has 1 aromatic carbocycles. The number of benzene rings is 1. The lowest BCUT2D eigenvalue weighted by Crippen LogP contribution is -2.29. The molecule has 19 heavy (non-hydrogen) atoms.